The Morgan fingerprint density at radius 1 is 1.31 bits per heavy atom. The van der Waals surface area contributed by atoms with Gasteiger partial charge in [-0.15, -0.1) is 0 Å². The molecule has 0 spiro atoms. The summed E-state index contributed by atoms with van der Waals surface area (Å²) < 4.78 is 9.65. The molecule has 1 rings (SSSR count). The summed E-state index contributed by atoms with van der Waals surface area (Å²) in [7, 11) is 1.32. The van der Waals surface area contributed by atoms with Crippen LogP contribution in [-0.2, 0) is 9.47 Å². The van der Waals surface area contributed by atoms with E-state index >= 15 is 0 Å². The van der Waals surface area contributed by atoms with Gasteiger partial charge in [0.05, 0.1) is 19.3 Å². The molecule has 0 saturated heterocycles. The highest BCUT2D eigenvalue weighted by Gasteiger charge is 2.08. The maximum Gasteiger partial charge on any atom is 0.337 e. The van der Waals surface area contributed by atoms with Gasteiger partial charge in [0.2, 0.25) is 0 Å². The van der Waals surface area contributed by atoms with Crippen LogP contribution in [0.4, 0.5) is 0 Å². The number of rotatable bonds is 3. The van der Waals surface area contributed by atoms with Gasteiger partial charge in [0.15, 0.2) is 0 Å². The number of ether oxygens (including phenoxy) is 2. The Labute approximate surface area is 93.3 Å². The van der Waals surface area contributed by atoms with Gasteiger partial charge in [0.1, 0.15) is 0 Å². The summed E-state index contributed by atoms with van der Waals surface area (Å²) in [5, 5.41) is 11.7. The van der Waals surface area contributed by atoms with E-state index in [0.717, 1.165) is 0 Å². The molecule has 0 aliphatic heterocycles. The zero-order valence-electron chi connectivity index (χ0n) is 9.14. The molecule has 0 saturated carbocycles. The van der Waals surface area contributed by atoms with Crippen molar-refractivity contribution in [1.82, 2.24) is 0 Å². The van der Waals surface area contributed by atoms with Gasteiger partial charge in [-0.3, -0.25) is 0 Å². The summed E-state index contributed by atoms with van der Waals surface area (Å²) in [5.74, 6) is -0.288. The molecule has 5 nitrogen and oxygen atoms in total. The van der Waals surface area contributed by atoms with Crippen LogP contribution in [0.5, 0.6) is 0 Å². The summed E-state index contributed by atoms with van der Waals surface area (Å²) >= 11 is 0. The molecule has 5 heteroatoms. The molecule has 1 aromatic carbocycles. The predicted molar refractivity (Wildman–Crippen MR) is 57.7 cm³/mol. The van der Waals surface area contributed by atoms with Gasteiger partial charge in [-0.1, -0.05) is 0 Å². The molecule has 86 valence electrons. The van der Waals surface area contributed by atoms with Crippen molar-refractivity contribution in [2.24, 2.45) is 5.16 Å². The predicted octanol–water partition coefficient (Wildman–Crippen LogP) is 1.65. The molecule has 0 radical (unpaired) electrons. The van der Waals surface area contributed by atoms with Crippen molar-refractivity contribution < 1.29 is 19.5 Å². The molecule has 0 amide bonds. The fraction of sp³-hybridized carbons (Fsp3) is 0.273. The van der Waals surface area contributed by atoms with Gasteiger partial charge in [0, 0.05) is 5.56 Å². The standard InChI is InChI=1S/C11H13NO4/c1-3-16-10(12-14)8-4-6-9(7-5-8)11(13)15-2/h4-7,14H,3H2,1-2H3. The molecule has 1 N–H and O–H groups in total. The number of hydrogen-bond donors (Lipinski definition) is 1. The number of carbonyl (C=O) groups excluding carboxylic acids is 1. The number of carbonyl (C=O) groups is 1. The Balaban J connectivity index is 2.89. The molecule has 16 heavy (non-hydrogen) atoms. The van der Waals surface area contributed by atoms with Gasteiger partial charge >= 0.3 is 5.97 Å². The minimum atomic E-state index is -0.412. The van der Waals surface area contributed by atoms with Crippen LogP contribution in [0.1, 0.15) is 22.8 Å². The lowest BCUT2D eigenvalue weighted by Crippen LogP contribution is -2.07. The summed E-state index contributed by atoms with van der Waals surface area (Å²) in [6.45, 7) is 2.19. The monoisotopic (exact) mass is 223 g/mol. The molecular formula is C11H13NO4. The topological polar surface area (TPSA) is 68.1 Å². The molecule has 0 aliphatic carbocycles. The minimum absolute atomic E-state index is 0.124. The summed E-state index contributed by atoms with van der Waals surface area (Å²) in [6, 6.07) is 6.39. The van der Waals surface area contributed by atoms with Crippen LogP contribution >= 0.6 is 0 Å². The molecule has 1 aromatic rings. The van der Waals surface area contributed by atoms with Crippen LogP contribution in [0.3, 0.4) is 0 Å². The van der Waals surface area contributed by atoms with Crippen molar-refractivity contribution >= 4 is 11.9 Å². The van der Waals surface area contributed by atoms with Crippen LogP contribution in [0.15, 0.2) is 29.4 Å². The molecule has 0 fully saturated rings. The van der Waals surface area contributed by atoms with E-state index in [9.17, 15) is 4.79 Å². The first-order valence-corrected chi connectivity index (χ1v) is 4.76. The number of nitrogens with zero attached hydrogens (tertiary/aromatic N) is 1. The number of benzene rings is 1. The van der Waals surface area contributed by atoms with E-state index in [4.69, 9.17) is 9.94 Å². The number of methoxy groups -OCH3 is 1. The van der Waals surface area contributed by atoms with Gasteiger partial charge in [0.25, 0.3) is 5.90 Å². The van der Waals surface area contributed by atoms with E-state index in [2.05, 4.69) is 9.89 Å². The van der Waals surface area contributed by atoms with Crippen molar-refractivity contribution in [1.29, 1.82) is 0 Å². The van der Waals surface area contributed by atoms with Crippen LogP contribution in [0.2, 0.25) is 0 Å². The average molecular weight is 223 g/mol. The van der Waals surface area contributed by atoms with Crippen LogP contribution in [0, 0.1) is 0 Å². The van der Waals surface area contributed by atoms with Crippen LogP contribution in [-0.4, -0.2) is 30.8 Å². The van der Waals surface area contributed by atoms with E-state index < -0.39 is 5.97 Å². The van der Waals surface area contributed by atoms with Crippen LogP contribution < -0.4 is 0 Å². The lowest BCUT2D eigenvalue weighted by Gasteiger charge is -2.05. The maximum absolute atomic E-state index is 11.2. The van der Waals surface area contributed by atoms with Gasteiger partial charge < -0.3 is 14.7 Å². The van der Waals surface area contributed by atoms with E-state index in [0.29, 0.717) is 17.7 Å². The SMILES string of the molecule is CCOC(=NO)c1ccc(C(=O)OC)cc1. The van der Waals surface area contributed by atoms with Crippen molar-refractivity contribution in [2.45, 2.75) is 6.92 Å². The zero-order chi connectivity index (χ0) is 12.0. The Hall–Kier alpha value is -2.04. The Kier molecular flexibility index (Phi) is 4.32. The van der Waals surface area contributed by atoms with E-state index in [-0.39, 0.29) is 5.90 Å². The minimum Gasteiger partial charge on any atom is -0.475 e. The lowest BCUT2D eigenvalue weighted by molar-refractivity contribution is 0.0600. The number of oxime groups is 1. The van der Waals surface area contributed by atoms with Gasteiger partial charge in [-0.25, -0.2) is 4.79 Å². The molecule has 0 bridgehead atoms. The normalized spacial score (nSPS) is 11.0. The van der Waals surface area contributed by atoms with Gasteiger partial charge in [-0.05, 0) is 36.3 Å². The van der Waals surface area contributed by atoms with Crippen molar-refractivity contribution in [3.05, 3.63) is 35.4 Å². The number of esters is 1. The van der Waals surface area contributed by atoms with Gasteiger partial charge in [-0.2, -0.15) is 0 Å². The Bertz CT molecular complexity index is 383. The van der Waals surface area contributed by atoms with E-state index in [1.54, 1.807) is 31.2 Å². The van der Waals surface area contributed by atoms with E-state index in [1.165, 1.54) is 7.11 Å². The molecule has 0 heterocycles. The van der Waals surface area contributed by atoms with Crippen LogP contribution in [0.25, 0.3) is 0 Å². The second-order valence-corrected chi connectivity index (χ2v) is 2.91. The quantitative estimate of drug-likeness (QED) is 0.278. The second kappa shape index (κ2) is 5.75. The molecule has 0 aromatic heterocycles. The third-order valence-corrected chi connectivity index (χ3v) is 1.92. The Morgan fingerprint density at radius 2 is 1.88 bits per heavy atom. The lowest BCUT2D eigenvalue weighted by atomic mass is 10.1. The fourth-order valence-corrected chi connectivity index (χ4v) is 1.17. The summed E-state index contributed by atoms with van der Waals surface area (Å²) in [5.41, 5.74) is 1.03. The van der Waals surface area contributed by atoms with Crippen molar-refractivity contribution in [2.75, 3.05) is 13.7 Å². The third-order valence-electron chi connectivity index (χ3n) is 1.92. The molecule has 0 atom stereocenters. The van der Waals surface area contributed by atoms with Crippen molar-refractivity contribution in [3.63, 3.8) is 0 Å². The maximum atomic E-state index is 11.2. The first-order valence-electron chi connectivity index (χ1n) is 4.76. The van der Waals surface area contributed by atoms with Crippen molar-refractivity contribution in [3.8, 4) is 0 Å². The smallest absolute Gasteiger partial charge is 0.337 e. The molecule has 0 unspecified atom stereocenters. The zero-order valence-corrected chi connectivity index (χ0v) is 9.14. The highest BCUT2D eigenvalue weighted by Crippen LogP contribution is 2.07. The van der Waals surface area contributed by atoms with E-state index in [1.807, 2.05) is 0 Å². The second-order valence-electron chi connectivity index (χ2n) is 2.91. The summed E-state index contributed by atoms with van der Waals surface area (Å²) in [4.78, 5) is 11.2. The highest BCUT2D eigenvalue weighted by molar-refractivity contribution is 5.95. The molecule has 0 aliphatic rings. The summed E-state index contributed by atoms with van der Waals surface area (Å²) in [6.07, 6.45) is 0. The average Bonchev–Trinajstić information content (AvgIpc) is 2.35. The first kappa shape index (κ1) is 12.0. The Morgan fingerprint density at radius 3 is 2.31 bits per heavy atom. The fourth-order valence-electron chi connectivity index (χ4n) is 1.17. The third kappa shape index (κ3) is 2.73. The largest absolute Gasteiger partial charge is 0.475 e. The first-order chi connectivity index (χ1) is 7.72. The molecular weight excluding hydrogens is 210 g/mol. The highest BCUT2D eigenvalue weighted by atomic mass is 16.5. The number of hydrogen-bond acceptors (Lipinski definition) is 5.